The zero-order chi connectivity index (χ0) is 7.52. The zero-order valence-electron chi connectivity index (χ0n) is 6.66. The maximum atomic E-state index is 4.01. The average molecular weight is 186 g/mol. The van der Waals surface area contributed by atoms with Crippen LogP contribution in [-0.2, 0) is 0 Å². The van der Waals surface area contributed by atoms with E-state index < -0.39 is 0 Å². The van der Waals surface area contributed by atoms with Crippen molar-refractivity contribution in [3.05, 3.63) is 24.5 Å². The molecule has 0 unspecified atom stereocenters. The second kappa shape index (κ2) is 4.28. The Morgan fingerprint density at radius 1 is 1.50 bits per heavy atom. The van der Waals surface area contributed by atoms with Crippen LogP contribution in [0.15, 0.2) is 24.5 Å². The molecular formula is C8H12ClN3. The first kappa shape index (κ1) is 9.29. The Morgan fingerprint density at radius 3 is 2.83 bits per heavy atom. The van der Waals surface area contributed by atoms with Crippen LogP contribution in [-0.4, -0.2) is 24.1 Å². The van der Waals surface area contributed by atoms with Gasteiger partial charge >= 0.3 is 0 Å². The molecule has 1 aliphatic heterocycles. The number of halogens is 1. The van der Waals surface area contributed by atoms with Crippen molar-refractivity contribution in [3.63, 3.8) is 0 Å². The number of anilines is 1. The van der Waals surface area contributed by atoms with Gasteiger partial charge in [0.15, 0.2) is 0 Å². The molecule has 0 aromatic carbocycles. The van der Waals surface area contributed by atoms with Gasteiger partial charge in [-0.1, -0.05) is 0 Å². The van der Waals surface area contributed by atoms with Crippen molar-refractivity contribution in [1.29, 1.82) is 0 Å². The fraction of sp³-hybridized carbons (Fsp3) is 0.375. The van der Waals surface area contributed by atoms with E-state index in [0.29, 0.717) is 6.04 Å². The minimum Gasteiger partial charge on any atom is -0.379 e. The number of aromatic nitrogens is 1. The van der Waals surface area contributed by atoms with Crippen LogP contribution in [0.1, 0.15) is 0 Å². The van der Waals surface area contributed by atoms with E-state index >= 15 is 0 Å². The van der Waals surface area contributed by atoms with Crippen molar-refractivity contribution in [2.24, 2.45) is 0 Å². The quantitative estimate of drug-likeness (QED) is 0.719. The summed E-state index contributed by atoms with van der Waals surface area (Å²) in [4.78, 5) is 4.01. The van der Waals surface area contributed by atoms with Crippen molar-refractivity contribution >= 4 is 18.1 Å². The standard InChI is InChI=1S/C8H11N3.ClH/c1-2-7(4-9-3-1)11-8-5-10-6-8;/h1-4,8,10-11H,5-6H2;1H. The summed E-state index contributed by atoms with van der Waals surface area (Å²) in [6.07, 6.45) is 3.63. The molecule has 2 rings (SSSR count). The topological polar surface area (TPSA) is 37.0 Å². The highest BCUT2D eigenvalue weighted by molar-refractivity contribution is 5.85. The number of rotatable bonds is 2. The molecule has 3 nitrogen and oxygen atoms in total. The molecule has 0 bridgehead atoms. The predicted molar refractivity (Wildman–Crippen MR) is 51.8 cm³/mol. The summed E-state index contributed by atoms with van der Waals surface area (Å²) in [6, 6.07) is 4.57. The minimum atomic E-state index is 0. The second-order valence-electron chi connectivity index (χ2n) is 2.74. The van der Waals surface area contributed by atoms with Gasteiger partial charge < -0.3 is 10.6 Å². The van der Waals surface area contributed by atoms with Crippen molar-refractivity contribution in [2.45, 2.75) is 6.04 Å². The van der Waals surface area contributed by atoms with Crippen LogP contribution in [0.25, 0.3) is 0 Å². The van der Waals surface area contributed by atoms with Gasteiger partial charge in [0.1, 0.15) is 0 Å². The van der Waals surface area contributed by atoms with Gasteiger partial charge in [-0.25, -0.2) is 0 Å². The Hall–Kier alpha value is -0.800. The number of pyridine rings is 1. The molecule has 0 spiro atoms. The van der Waals surface area contributed by atoms with E-state index in [1.807, 2.05) is 18.3 Å². The fourth-order valence-electron chi connectivity index (χ4n) is 1.07. The van der Waals surface area contributed by atoms with E-state index in [1.165, 1.54) is 0 Å². The van der Waals surface area contributed by atoms with Gasteiger partial charge in [0.05, 0.1) is 11.7 Å². The highest BCUT2D eigenvalue weighted by Crippen LogP contribution is 2.06. The third kappa shape index (κ3) is 2.09. The van der Waals surface area contributed by atoms with E-state index in [9.17, 15) is 0 Å². The zero-order valence-corrected chi connectivity index (χ0v) is 7.47. The number of hydrogen-bond donors (Lipinski definition) is 2. The molecule has 0 atom stereocenters. The monoisotopic (exact) mass is 185 g/mol. The van der Waals surface area contributed by atoms with E-state index in [-0.39, 0.29) is 12.4 Å². The Kier molecular flexibility index (Phi) is 3.31. The van der Waals surface area contributed by atoms with E-state index in [0.717, 1.165) is 18.8 Å². The van der Waals surface area contributed by atoms with Crippen LogP contribution in [0, 0.1) is 0 Å². The molecule has 66 valence electrons. The van der Waals surface area contributed by atoms with Gasteiger partial charge in [-0.15, -0.1) is 12.4 Å². The number of nitrogens with one attached hydrogen (secondary N) is 2. The molecule has 1 fully saturated rings. The Labute approximate surface area is 78.0 Å². The largest absolute Gasteiger partial charge is 0.379 e. The Morgan fingerprint density at radius 2 is 2.33 bits per heavy atom. The highest BCUT2D eigenvalue weighted by atomic mass is 35.5. The van der Waals surface area contributed by atoms with Gasteiger partial charge in [0.25, 0.3) is 0 Å². The fourth-order valence-corrected chi connectivity index (χ4v) is 1.07. The summed E-state index contributed by atoms with van der Waals surface area (Å²) < 4.78 is 0. The molecule has 0 radical (unpaired) electrons. The van der Waals surface area contributed by atoms with Gasteiger partial charge in [0.2, 0.25) is 0 Å². The molecule has 1 aromatic heterocycles. The molecule has 1 saturated heterocycles. The lowest BCUT2D eigenvalue weighted by Gasteiger charge is -2.28. The molecule has 2 N–H and O–H groups in total. The summed E-state index contributed by atoms with van der Waals surface area (Å²) in [6.45, 7) is 2.13. The predicted octanol–water partition coefficient (Wildman–Crippen LogP) is 0.887. The summed E-state index contributed by atoms with van der Waals surface area (Å²) in [7, 11) is 0. The number of nitrogens with zero attached hydrogens (tertiary/aromatic N) is 1. The molecule has 2 heterocycles. The second-order valence-corrected chi connectivity index (χ2v) is 2.74. The minimum absolute atomic E-state index is 0. The first-order valence-corrected chi connectivity index (χ1v) is 3.82. The number of hydrogen-bond acceptors (Lipinski definition) is 3. The SMILES string of the molecule is Cl.c1cncc(NC2CNC2)c1. The molecule has 0 aliphatic carbocycles. The molecule has 12 heavy (non-hydrogen) atoms. The smallest absolute Gasteiger partial charge is 0.0529 e. The maximum absolute atomic E-state index is 4.01. The van der Waals surface area contributed by atoms with E-state index in [2.05, 4.69) is 15.6 Å². The van der Waals surface area contributed by atoms with E-state index in [4.69, 9.17) is 0 Å². The average Bonchev–Trinajstić information content (AvgIpc) is 1.99. The van der Waals surface area contributed by atoms with Gasteiger partial charge in [0, 0.05) is 25.5 Å². The van der Waals surface area contributed by atoms with Gasteiger partial charge in [-0.05, 0) is 12.1 Å². The van der Waals surface area contributed by atoms with Gasteiger partial charge in [-0.2, -0.15) is 0 Å². The first-order chi connectivity index (χ1) is 5.45. The molecular weight excluding hydrogens is 174 g/mol. The molecule has 1 aliphatic rings. The van der Waals surface area contributed by atoms with Crippen LogP contribution >= 0.6 is 12.4 Å². The first-order valence-electron chi connectivity index (χ1n) is 3.82. The summed E-state index contributed by atoms with van der Waals surface area (Å²) in [5.74, 6) is 0. The normalized spacial score (nSPS) is 16.0. The van der Waals surface area contributed by atoms with Crippen molar-refractivity contribution < 1.29 is 0 Å². The molecule has 0 amide bonds. The van der Waals surface area contributed by atoms with Crippen molar-refractivity contribution in [3.8, 4) is 0 Å². The molecule has 4 heteroatoms. The molecule has 0 saturated carbocycles. The van der Waals surface area contributed by atoms with E-state index in [1.54, 1.807) is 6.20 Å². The lowest BCUT2D eigenvalue weighted by molar-refractivity contribution is 0.472. The van der Waals surface area contributed by atoms with Crippen LogP contribution < -0.4 is 10.6 Å². The summed E-state index contributed by atoms with van der Waals surface area (Å²) in [5, 5.41) is 6.55. The van der Waals surface area contributed by atoms with Crippen molar-refractivity contribution in [2.75, 3.05) is 18.4 Å². The van der Waals surface area contributed by atoms with Crippen molar-refractivity contribution in [1.82, 2.24) is 10.3 Å². The third-order valence-electron chi connectivity index (χ3n) is 1.81. The summed E-state index contributed by atoms with van der Waals surface area (Å²) >= 11 is 0. The van der Waals surface area contributed by atoms with Crippen LogP contribution in [0.4, 0.5) is 5.69 Å². The third-order valence-corrected chi connectivity index (χ3v) is 1.81. The molecule has 1 aromatic rings. The van der Waals surface area contributed by atoms with Crippen LogP contribution in [0.3, 0.4) is 0 Å². The van der Waals surface area contributed by atoms with Crippen LogP contribution in [0.5, 0.6) is 0 Å². The van der Waals surface area contributed by atoms with Gasteiger partial charge in [-0.3, -0.25) is 4.98 Å². The Bertz CT molecular complexity index is 223. The highest BCUT2D eigenvalue weighted by Gasteiger charge is 2.15. The maximum Gasteiger partial charge on any atom is 0.0529 e. The Balaban J connectivity index is 0.000000720. The summed E-state index contributed by atoms with van der Waals surface area (Å²) in [5.41, 5.74) is 1.11. The lowest BCUT2D eigenvalue weighted by atomic mass is 10.2. The van der Waals surface area contributed by atoms with Crippen LogP contribution in [0.2, 0.25) is 0 Å². The lowest BCUT2D eigenvalue weighted by Crippen LogP contribution is -2.51.